The highest BCUT2D eigenvalue weighted by atomic mass is 32.1. The van der Waals surface area contributed by atoms with Gasteiger partial charge >= 0.3 is 0 Å². The molecule has 0 bridgehead atoms. The van der Waals surface area contributed by atoms with Crippen LogP contribution in [0.3, 0.4) is 0 Å². The zero-order chi connectivity index (χ0) is 20.5. The molecule has 0 aliphatic heterocycles. The number of anilines is 2. The van der Waals surface area contributed by atoms with E-state index >= 15 is 0 Å². The molecule has 0 radical (unpaired) electrons. The molecule has 5 heteroatoms. The number of hydrogen-bond acceptors (Lipinski definition) is 3. The van der Waals surface area contributed by atoms with E-state index in [-0.39, 0.29) is 0 Å². The van der Waals surface area contributed by atoms with Crippen molar-refractivity contribution in [1.82, 2.24) is 5.32 Å². The van der Waals surface area contributed by atoms with Crippen LogP contribution < -0.4 is 20.3 Å². The molecule has 0 heterocycles. The van der Waals surface area contributed by atoms with E-state index in [0.29, 0.717) is 5.11 Å². The largest absolute Gasteiger partial charge is 0.495 e. The van der Waals surface area contributed by atoms with Crippen molar-refractivity contribution in [3.05, 3.63) is 78.9 Å². The molecule has 0 aliphatic carbocycles. The van der Waals surface area contributed by atoms with Gasteiger partial charge in [-0.1, -0.05) is 54.6 Å². The highest BCUT2D eigenvalue weighted by Crippen LogP contribution is 2.30. The van der Waals surface area contributed by atoms with Gasteiger partial charge in [0.05, 0.1) is 12.8 Å². The van der Waals surface area contributed by atoms with E-state index < -0.39 is 0 Å². The first-order valence-corrected chi connectivity index (χ1v) is 10.1. The van der Waals surface area contributed by atoms with Gasteiger partial charge in [-0.05, 0) is 54.0 Å². The third kappa shape index (κ3) is 5.96. The van der Waals surface area contributed by atoms with Crippen LogP contribution in [0.5, 0.6) is 5.75 Å². The molecule has 0 aromatic heterocycles. The molecule has 0 saturated heterocycles. The van der Waals surface area contributed by atoms with Crippen molar-refractivity contribution >= 4 is 28.7 Å². The average Bonchev–Trinajstić information content (AvgIpc) is 2.77. The molecular formula is C24H27N3OS. The molecule has 0 spiro atoms. The highest BCUT2D eigenvalue weighted by molar-refractivity contribution is 7.80. The van der Waals surface area contributed by atoms with Crippen molar-refractivity contribution in [2.75, 3.05) is 37.5 Å². The van der Waals surface area contributed by atoms with Crippen LogP contribution in [0.4, 0.5) is 11.4 Å². The number of ether oxygens (including phenoxy) is 1. The van der Waals surface area contributed by atoms with E-state index in [2.05, 4.69) is 71.1 Å². The van der Waals surface area contributed by atoms with Gasteiger partial charge in [0.1, 0.15) is 5.75 Å². The van der Waals surface area contributed by atoms with Gasteiger partial charge in [-0.3, -0.25) is 0 Å². The molecule has 29 heavy (non-hydrogen) atoms. The molecule has 3 rings (SSSR count). The molecule has 0 aliphatic rings. The van der Waals surface area contributed by atoms with Crippen LogP contribution in [-0.2, 0) is 0 Å². The van der Waals surface area contributed by atoms with Crippen molar-refractivity contribution in [1.29, 1.82) is 0 Å². The van der Waals surface area contributed by atoms with E-state index in [1.54, 1.807) is 7.11 Å². The molecule has 0 saturated carbocycles. The van der Waals surface area contributed by atoms with Crippen LogP contribution in [0.25, 0.3) is 11.1 Å². The highest BCUT2D eigenvalue weighted by Gasteiger charge is 2.08. The normalized spacial score (nSPS) is 10.3. The lowest BCUT2D eigenvalue weighted by molar-refractivity contribution is 0.417. The summed E-state index contributed by atoms with van der Waals surface area (Å²) in [5.74, 6) is 0.762. The van der Waals surface area contributed by atoms with Gasteiger partial charge in [-0.15, -0.1) is 0 Å². The number of methoxy groups -OCH3 is 1. The van der Waals surface area contributed by atoms with Crippen molar-refractivity contribution in [3.63, 3.8) is 0 Å². The van der Waals surface area contributed by atoms with Crippen molar-refractivity contribution < 1.29 is 4.74 Å². The van der Waals surface area contributed by atoms with Crippen LogP contribution in [0.2, 0.25) is 0 Å². The van der Waals surface area contributed by atoms with E-state index in [0.717, 1.165) is 42.1 Å². The number of benzene rings is 3. The Balaban J connectivity index is 1.53. The Hall–Kier alpha value is -3.05. The number of hydrogen-bond donors (Lipinski definition) is 2. The molecule has 4 nitrogen and oxygen atoms in total. The maximum Gasteiger partial charge on any atom is 0.170 e. The van der Waals surface area contributed by atoms with Gasteiger partial charge in [0.25, 0.3) is 0 Å². The standard InChI is InChI=1S/C24H27N3OS/c1-27(21-12-7-4-8-13-21)17-9-16-25-24(29)26-22-18-20(14-15-23(22)28-2)19-10-5-3-6-11-19/h3-8,10-15,18H,9,16-17H2,1-2H3,(H2,25,26,29). The van der Waals surface area contributed by atoms with Crippen LogP contribution >= 0.6 is 12.2 Å². The summed E-state index contributed by atoms with van der Waals surface area (Å²) in [7, 11) is 3.77. The molecule has 3 aromatic carbocycles. The first-order chi connectivity index (χ1) is 14.2. The second kappa shape index (κ2) is 10.5. The van der Waals surface area contributed by atoms with E-state index in [1.165, 1.54) is 5.69 Å². The third-order valence-electron chi connectivity index (χ3n) is 4.71. The van der Waals surface area contributed by atoms with Crippen molar-refractivity contribution in [3.8, 4) is 16.9 Å². The van der Waals surface area contributed by atoms with Crippen molar-refractivity contribution in [2.24, 2.45) is 0 Å². The predicted molar refractivity (Wildman–Crippen MR) is 127 cm³/mol. The second-order valence-electron chi connectivity index (χ2n) is 6.77. The summed E-state index contributed by atoms with van der Waals surface area (Å²) >= 11 is 5.48. The van der Waals surface area contributed by atoms with Gasteiger partial charge in [0.2, 0.25) is 0 Å². The van der Waals surface area contributed by atoms with E-state index in [4.69, 9.17) is 17.0 Å². The summed E-state index contributed by atoms with van der Waals surface area (Å²) in [4.78, 5) is 2.24. The molecular weight excluding hydrogens is 378 g/mol. The number of nitrogens with one attached hydrogen (secondary N) is 2. The topological polar surface area (TPSA) is 36.5 Å². The molecule has 2 N–H and O–H groups in total. The van der Waals surface area contributed by atoms with Gasteiger partial charge in [-0.2, -0.15) is 0 Å². The summed E-state index contributed by atoms with van der Waals surface area (Å²) in [6, 6.07) is 26.7. The van der Waals surface area contributed by atoms with Gasteiger partial charge in [0.15, 0.2) is 5.11 Å². The van der Waals surface area contributed by atoms with E-state index in [9.17, 15) is 0 Å². The minimum atomic E-state index is 0.593. The quantitative estimate of drug-likeness (QED) is 0.399. The Morgan fingerprint density at radius 1 is 0.931 bits per heavy atom. The third-order valence-corrected chi connectivity index (χ3v) is 4.95. The van der Waals surface area contributed by atoms with Crippen LogP contribution in [0, 0.1) is 0 Å². The Morgan fingerprint density at radius 2 is 1.62 bits per heavy atom. The van der Waals surface area contributed by atoms with Crippen molar-refractivity contribution in [2.45, 2.75) is 6.42 Å². The Bertz CT molecular complexity index is 916. The number of thiocarbonyl (C=S) groups is 1. The smallest absolute Gasteiger partial charge is 0.170 e. The Labute approximate surface area is 178 Å². The Kier molecular flexibility index (Phi) is 7.47. The molecule has 0 amide bonds. The van der Waals surface area contributed by atoms with Crippen LogP contribution in [0.15, 0.2) is 78.9 Å². The fourth-order valence-electron chi connectivity index (χ4n) is 3.11. The first kappa shape index (κ1) is 20.7. The maximum atomic E-state index is 5.49. The lowest BCUT2D eigenvalue weighted by Crippen LogP contribution is -2.31. The summed E-state index contributed by atoms with van der Waals surface area (Å²) in [6.45, 7) is 1.75. The van der Waals surface area contributed by atoms with Gasteiger partial charge < -0.3 is 20.3 Å². The summed E-state index contributed by atoms with van der Waals surface area (Å²) < 4.78 is 5.49. The summed E-state index contributed by atoms with van der Waals surface area (Å²) in [6.07, 6.45) is 0.981. The Morgan fingerprint density at radius 3 is 2.31 bits per heavy atom. The number of nitrogens with zero attached hydrogens (tertiary/aromatic N) is 1. The number of para-hydroxylation sites is 1. The zero-order valence-corrected chi connectivity index (χ0v) is 17.7. The molecule has 0 atom stereocenters. The predicted octanol–water partition coefficient (Wildman–Crippen LogP) is 5.18. The lowest BCUT2D eigenvalue weighted by atomic mass is 10.0. The average molecular weight is 406 g/mol. The fraction of sp³-hybridized carbons (Fsp3) is 0.208. The SMILES string of the molecule is COc1ccc(-c2ccccc2)cc1NC(=S)NCCCN(C)c1ccccc1. The van der Waals surface area contributed by atoms with Crippen LogP contribution in [-0.4, -0.2) is 32.4 Å². The summed E-state index contributed by atoms with van der Waals surface area (Å²) in [5, 5.41) is 7.15. The molecule has 0 unspecified atom stereocenters. The van der Waals surface area contributed by atoms with Crippen LogP contribution in [0.1, 0.15) is 6.42 Å². The zero-order valence-electron chi connectivity index (χ0n) is 16.9. The molecule has 0 fully saturated rings. The minimum Gasteiger partial charge on any atom is -0.495 e. The monoisotopic (exact) mass is 405 g/mol. The van der Waals surface area contributed by atoms with E-state index in [1.807, 2.05) is 30.3 Å². The lowest BCUT2D eigenvalue weighted by Gasteiger charge is -2.20. The minimum absolute atomic E-state index is 0.593. The van der Waals surface area contributed by atoms with Gasteiger partial charge in [-0.25, -0.2) is 0 Å². The summed E-state index contributed by atoms with van der Waals surface area (Å²) in [5.41, 5.74) is 4.34. The first-order valence-electron chi connectivity index (χ1n) is 9.72. The molecule has 3 aromatic rings. The van der Waals surface area contributed by atoms with Gasteiger partial charge in [0, 0.05) is 25.8 Å². The molecule has 150 valence electrons. The number of rotatable bonds is 8. The fourth-order valence-corrected chi connectivity index (χ4v) is 3.32. The maximum absolute atomic E-state index is 5.49. The second-order valence-corrected chi connectivity index (χ2v) is 7.18.